The largest absolute Gasteiger partial charge is 0.497 e. The SMILES string of the molecule is CCCCCCCCOC(=O)[C@H](CS)N(C)c1ccc(OC)cc1. The Kier molecular flexibility index (Phi) is 10.4. The van der Waals surface area contributed by atoms with Gasteiger partial charge in [-0.2, -0.15) is 12.6 Å². The van der Waals surface area contributed by atoms with Crippen LogP contribution in [0.15, 0.2) is 24.3 Å². The third-order valence-corrected chi connectivity index (χ3v) is 4.48. The van der Waals surface area contributed by atoms with Gasteiger partial charge < -0.3 is 14.4 Å². The molecule has 0 aliphatic rings. The maximum absolute atomic E-state index is 12.3. The minimum Gasteiger partial charge on any atom is -0.497 e. The highest BCUT2D eigenvalue weighted by atomic mass is 32.1. The zero-order valence-corrected chi connectivity index (χ0v) is 16.1. The van der Waals surface area contributed by atoms with Gasteiger partial charge >= 0.3 is 5.97 Å². The minimum atomic E-state index is -0.387. The summed E-state index contributed by atoms with van der Waals surface area (Å²) in [5.74, 6) is 0.995. The number of nitrogens with zero attached hydrogens (tertiary/aromatic N) is 1. The predicted molar refractivity (Wildman–Crippen MR) is 103 cm³/mol. The molecule has 5 heteroatoms. The average Bonchev–Trinajstić information content (AvgIpc) is 2.61. The molecule has 1 aromatic rings. The van der Waals surface area contributed by atoms with E-state index in [9.17, 15) is 4.79 Å². The van der Waals surface area contributed by atoms with Gasteiger partial charge in [0.25, 0.3) is 0 Å². The van der Waals surface area contributed by atoms with Gasteiger partial charge in [-0.15, -0.1) is 0 Å². The van der Waals surface area contributed by atoms with Crippen molar-refractivity contribution < 1.29 is 14.3 Å². The number of benzene rings is 1. The first-order valence-corrected chi connectivity index (χ1v) is 9.41. The van der Waals surface area contributed by atoms with Gasteiger partial charge in [-0.3, -0.25) is 0 Å². The van der Waals surface area contributed by atoms with E-state index < -0.39 is 0 Å². The summed E-state index contributed by atoms with van der Waals surface area (Å²) in [5, 5.41) is 0. The van der Waals surface area contributed by atoms with Crippen LogP contribution >= 0.6 is 12.6 Å². The maximum atomic E-state index is 12.3. The van der Waals surface area contributed by atoms with Gasteiger partial charge in [-0.25, -0.2) is 4.79 Å². The smallest absolute Gasteiger partial charge is 0.329 e. The number of methoxy groups -OCH3 is 1. The first-order chi connectivity index (χ1) is 11.6. The van der Waals surface area contributed by atoms with Gasteiger partial charge in [0.2, 0.25) is 0 Å². The number of rotatable bonds is 12. The lowest BCUT2D eigenvalue weighted by atomic mass is 10.1. The van der Waals surface area contributed by atoms with Crippen molar-refractivity contribution in [1.82, 2.24) is 0 Å². The highest BCUT2D eigenvalue weighted by Gasteiger charge is 2.23. The summed E-state index contributed by atoms with van der Waals surface area (Å²) < 4.78 is 10.6. The summed E-state index contributed by atoms with van der Waals surface area (Å²) in [6, 6.07) is 7.22. The number of anilines is 1. The summed E-state index contributed by atoms with van der Waals surface area (Å²) in [6.45, 7) is 2.70. The Morgan fingerprint density at radius 2 is 1.75 bits per heavy atom. The zero-order chi connectivity index (χ0) is 17.8. The Labute approximate surface area is 151 Å². The second kappa shape index (κ2) is 12.1. The normalized spacial score (nSPS) is 11.8. The molecule has 1 rings (SSSR count). The fraction of sp³-hybridized carbons (Fsp3) is 0.632. The molecule has 24 heavy (non-hydrogen) atoms. The Bertz CT molecular complexity index is 464. The number of unbranched alkanes of at least 4 members (excludes halogenated alkanes) is 5. The molecule has 0 aliphatic heterocycles. The summed E-state index contributed by atoms with van der Waals surface area (Å²) in [5.41, 5.74) is 0.936. The average molecular weight is 354 g/mol. The number of hydrogen-bond acceptors (Lipinski definition) is 5. The molecule has 0 bridgehead atoms. The molecular weight excluding hydrogens is 322 g/mol. The number of carbonyl (C=O) groups excluding carboxylic acids is 1. The van der Waals surface area contributed by atoms with Crippen molar-refractivity contribution >= 4 is 24.3 Å². The quantitative estimate of drug-likeness (QED) is 0.345. The number of hydrogen-bond donors (Lipinski definition) is 1. The van der Waals surface area contributed by atoms with E-state index in [4.69, 9.17) is 9.47 Å². The monoisotopic (exact) mass is 353 g/mol. The van der Waals surface area contributed by atoms with E-state index in [2.05, 4.69) is 19.6 Å². The zero-order valence-electron chi connectivity index (χ0n) is 15.2. The van der Waals surface area contributed by atoms with Crippen molar-refractivity contribution in [2.45, 2.75) is 51.5 Å². The molecule has 1 atom stereocenters. The molecule has 1 aromatic carbocycles. The van der Waals surface area contributed by atoms with Crippen LogP contribution in [0.5, 0.6) is 5.75 Å². The first kappa shape index (κ1) is 20.7. The van der Waals surface area contributed by atoms with Crippen LogP contribution in [0.3, 0.4) is 0 Å². The Balaban J connectivity index is 2.41. The van der Waals surface area contributed by atoms with E-state index in [-0.39, 0.29) is 12.0 Å². The van der Waals surface area contributed by atoms with E-state index in [0.29, 0.717) is 12.4 Å². The van der Waals surface area contributed by atoms with E-state index in [1.54, 1.807) is 7.11 Å². The van der Waals surface area contributed by atoms with Crippen LogP contribution in [-0.2, 0) is 9.53 Å². The number of ether oxygens (including phenoxy) is 2. The Morgan fingerprint density at radius 1 is 1.12 bits per heavy atom. The molecule has 0 fully saturated rings. The lowest BCUT2D eigenvalue weighted by Gasteiger charge is -2.27. The number of esters is 1. The van der Waals surface area contributed by atoms with Crippen molar-refractivity contribution in [2.24, 2.45) is 0 Å². The van der Waals surface area contributed by atoms with Gasteiger partial charge in [0, 0.05) is 18.5 Å². The van der Waals surface area contributed by atoms with Gasteiger partial charge in [0.1, 0.15) is 11.8 Å². The number of carbonyl (C=O) groups is 1. The van der Waals surface area contributed by atoms with Gasteiger partial charge in [0.15, 0.2) is 0 Å². The molecular formula is C19H31NO3S. The molecule has 0 aliphatic carbocycles. The lowest BCUT2D eigenvalue weighted by Crippen LogP contribution is -2.41. The molecule has 0 heterocycles. The molecule has 0 saturated heterocycles. The molecule has 4 nitrogen and oxygen atoms in total. The van der Waals surface area contributed by atoms with Crippen molar-refractivity contribution in [3.8, 4) is 5.75 Å². The van der Waals surface area contributed by atoms with Gasteiger partial charge in [-0.1, -0.05) is 39.0 Å². The van der Waals surface area contributed by atoms with Crippen molar-refractivity contribution in [3.63, 3.8) is 0 Å². The predicted octanol–water partition coefficient (Wildman–Crippen LogP) is 4.33. The fourth-order valence-corrected chi connectivity index (χ4v) is 2.90. The molecule has 0 N–H and O–H groups in total. The molecule has 0 unspecified atom stereocenters. The maximum Gasteiger partial charge on any atom is 0.329 e. The lowest BCUT2D eigenvalue weighted by molar-refractivity contribution is -0.144. The number of likely N-dealkylation sites (N-methyl/N-ethyl adjacent to an activating group) is 1. The molecule has 0 saturated carbocycles. The molecule has 0 aromatic heterocycles. The van der Waals surface area contributed by atoms with Gasteiger partial charge in [0.05, 0.1) is 13.7 Å². The molecule has 0 spiro atoms. The van der Waals surface area contributed by atoms with Crippen LogP contribution in [0.2, 0.25) is 0 Å². The van der Waals surface area contributed by atoms with Crippen molar-refractivity contribution in [1.29, 1.82) is 0 Å². The highest BCUT2D eigenvalue weighted by molar-refractivity contribution is 7.80. The summed E-state index contributed by atoms with van der Waals surface area (Å²) in [6.07, 6.45) is 7.07. The number of thiol groups is 1. The molecule has 0 radical (unpaired) electrons. The summed E-state index contributed by atoms with van der Waals surface area (Å²) in [7, 11) is 3.52. The van der Waals surface area contributed by atoms with Crippen LogP contribution < -0.4 is 9.64 Å². The highest BCUT2D eigenvalue weighted by Crippen LogP contribution is 2.20. The van der Waals surface area contributed by atoms with E-state index in [1.165, 1.54) is 25.7 Å². The second-order valence-corrected chi connectivity index (χ2v) is 6.31. The van der Waals surface area contributed by atoms with E-state index in [1.807, 2.05) is 36.2 Å². The third-order valence-electron chi connectivity index (χ3n) is 4.13. The minimum absolute atomic E-state index is 0.211. The van der Waals surface area contributed by atoms with Crippen LogP contribution in [-0.4, -0.2) is 38.5 Å². The summed E-state index contributed by atoms with van der Waals surface area (Å²) in [4.78, 5) is 14.2. The Hall–Kier alpha value is -1.36. The first-order valence-electron chi connectivity index (χ1n) is 8.78. The fourth-order valence-electron chi connectivity index (χ4n) is 2.50. The molecule has 136 valence electrons. The third kappa shape index (κ3) is 7.04. The van der Waals surface area contributed by atoms with E-state index >= 15 is 0 Å². The van der Waals surface area contributed by atoms with Crippen LogP contribution in [0, 0.1) is 0 Å². The van der Waals surface area contributed by atoms with Crippen LogP contribution in [0.1, 0.15) is 45.4 Å². The van der Waals surface area contributed by atoms with Crippen molar-refractivity contribution in [3.05, 3.63) is 24.3 Å². The summed E-state index contributed by atoms with van der Waals surface area (Å²) >= 11 is 4.32. The van der Waals surface area contributed by atoms with E-state index in [0.717, 1.165) is 24.3 Å². The van der Waals surface area contributed by atoms with Crippen molar-refractivity contribution in [2.75, 3.05) is 31.4 Å². The van der Waals surface area contributed by atoms with Crippen LogP contribution in [0.25, 0.3) is 0 Å². The topological polar surface area (TPSA) is 38.8 Å². The molecule has 0 amide bonds. The standard InChI is InChI=1S/C19H31NO3S/c1-4-5-6-7-8-9-14-23-19(21)18(15-24)20(2)16-10-12-17(22-3)13-11-16/h10-13,18,24H,4-9,14-15H2,1-3H3/t18-/m0/s1. The van der Waals surface area contributed by atoms with Gasteiger partial charge in [-0.05, 0) is 30.7 Å². The second-order valence-electron chi connectivity index (χ2n) is 5.94. The van der Waals surface area contributed by atoms with Crippen LogP contribution in [0.4, 0.5) is 5.69 Å². The Morgan fingerprint density at radius 3 is 2.33 bits per heavy atom.